The van der Waals surface area contributed by atoms with Crippen LogP contribution < -0.4 is 14.8 Å². The van der Waals surface area contributed by atoms with Crippen LogP contribution in [0.3, 0.4) is 0 Å². The van der Waals surface area contributed by atoms with Crippen molar-refractivity contribution in [2.75, 3.05) is 18.5 Å². The maximum absolute atomic E-state index is 12.1. The zero-order valence-corrected chi connectivity index (χ0v) is 13.2. The average Bonchev–Trinajstić information content (AvgIpc) is 3.26. The van der Waals surface area contributed by atoms with Gasteiger partial charge in [0.1, 0.15) is 18.9 Å². The summed E-state index contributed by atoms with van der Waals surface area (Å²) in [6.45, 7) is 1.02. The van der Waals surface area contributed by atoms with Crippen molar-refractivity contribution in [3.63, 3.8) is 0 Å². The number of carbonyl (C=O) groups is 1. The van der Waals surface area contributed by atoms with Crippen molar-refractivity contribution in [2.24, 2.45) is 0 Å². The first-order valence-electron chi connectivity index (χ1n) is 7.18. The number of benzene rings is 1. The van der Waals surface area contributed by atoms with E-state index in [1.165, 1.54) is 11.3 Å². The Morgan fingerprint density at radius 2 is 2.12 bits per heavy atom. The maximum atomic E-state index is 12.1. The van der Waals surface area contributed by atoms with Gasteiger partial charge in [0.05, 0.1) is 11.9 Å². The number of rotatable bonds is 4. The summed E-state index contributed by atoms with van der Waals surface area (Å²) in [5.74, 6) is 1.64. The van der Waals surface area contributed by atoms with Crippen LogP contribution in [0.15, 0.2) is 33.6 Å². The van der Waals surface area contributed by atoms with Crippen LogP contribution in [-0.4, -0.2) is 34.2 Å². The number of thiazole rings is 1. The third kappa shape index (κ3) is 3.06. The number of hydrogen-bond acceptors (Lipinski definition) is 8. The Bertz CT molecular complexity index is 862. The van der Waals surface area contributed by atoms with E-state index in [-0.39, 0.29) is 12.3 Å². The van der Waals surface area contributed by atoms with Crippen molar-refractivity contribution < 1.29 is 18.8 Å². The number of aromatic nitrogens is 3. The lowest BCUT2D eigenvalue weighted by Gasteiger charge is -2.18. The monoisotopic (exact) mass is 344 g/mol. The Morgan fingerprint density at radius 1 is 1.25 bits per heavy atom. The predicted octanol–water partition coefficient (Wildman–Crippen LogP) is 2.15. The van der Waals surface area contributed by atoms with E-state index in [9.17, 15) is 4.79 Å². The summed E-state index contributed by atoms with van der Waals surface area (Å²) in [7, 11) is 0. The molecule has 8 nitrogen and oxygen atoms in total. The predicted molar refractivity (Wildman–Crippen MR) is 85.2 cm³/mol. The Labute approximate surface area is 140 Å². The molecule has 0 aliphatic carbocycles. The maximum Gasteiger partial charge on any atom is 0.277 e. The second-order valence-electron chi connectivity index (χ2n) is 4.97. The Hall–Kier alpha value is -2.94. The Morgan fingerprint density at radius 3 is 2.96 bits per heavy atom. The van der Waals surface area contributed by atoms with E-state index in [2.05, 4.69) is 20.4 Å². The Kier molecular flexibility index (Phi) is 3.83. The molecule has 0 saturated heterocycles. The van der Waals surface area contributed by atoms with Gasteiger partial charge in [-0.2, -0.15) is 4.98 Å². The lowest BCUT2D eigenvalue weighted by Crippen LogP contribution is -2.17. The van der Waals surface area contributed by atoms with Gasteiger partial charge in [0.25, 0.3) is 5.89 Å². The van der Waals surface area contributed by atoms with E-state index in [4.69, 9.17) is 14.0 Å². The quantitative estimate of drug-likeness (QED) is 0.774. The van der Waals surface area contributed by atoms with E-state index in [0.717, 1.165) is 0 Å². The van der Waals surface area contributed by atoms with E-state index in [1.807, 2.05) is 0 Å². The van der Waals surface area contributed by atoms with Crippen molar-refractivity contribution >= 4 is 22.9 Å². The largest absolute Gasteiger partial charge is 0.486 e. The van der Waals surface area contributed by atoms with Crippen LogP contribution >= 0.6 is 11.3 Å². The molecule has 1 aromatic carbocycles. The highest BCUT2D eigenvalue weighted by molar-refractivity contribution is 7.07. The van der Waals surface area contributed by atoms with Crippen LogP contribution in [0, 0.1) is 0 Å². The summed E-state index contributed by atoms with van der Waals surface area (Å²) < 4.78 is 16.0. The molecule has 4 rings (SSSR count). The average molecular weight is 344 g/mol. The Balaban J connectivity index is 1.42. The number of hydrogen-bond donors (Lipinski definition) is 1. The van der Waals surface area contributed by atoms with Crippen molar-refractivity contribution in [3.05, 3.63) is 34.9 Å². The molecule has 0 saturated carbocycles. The smallest absolute Gasteiger partial charge is 0.277 e. The molecule has 1 aliphatic rings. The summed E-state index contributed by atoms with van der Waals surface area (Å²) in [6, 6.07) is 5.24. The standard InChI is InChI=1S/C15H12N4O4S/c20-14(6-13-18-15(23-19-13)10-7-24-8-16-10)17-9-1-2-11-12(5-9)22-4-3-21-11/h1-2,5,7-8H,3-4,6H2,(H,17,20). The van der Waals surface area contributed by atoms with Gasteiger partial charge in [0.15, 0.2) is 17.3 Å². The SMILES string of the molecule is O=C(Cc1noc(-c2cscn2)n1)Nc1ccc2c(c1)OCCO2. The molecule has 122 valence electrons. The van der Waals surface area contributed by atoms with Crippen molar-refractivity contribution in [3.8, 4) is 23.1 Å². The first-order valence-corrected chi connectivity index (χ1v) is 8.13. The molecule has 0 atom stereocenters. The lowest BCUT2D eigenvalue weighted by molar-refractivity contribution is -0.115. The third-order valence-electron chi connectivity index (χ3n) is 3.26. The molecule has 2 aromatic heterocycles. The molecule has 1 aliphatic heterocycles. The van der Waals surface area contributed by atoms with Gasteiger partial charge in [0, 0.05) is 17.1 Å². The van der Waals surface area contributed by atoms with Crippen LogP contribution in [0.5, 0.6) is 11.5 Å². The fourth-order valence-corrected chi connectivity index (χ4v) is 2.74. The first-order chi connectivity index (χ1) is 11.8. The minimum atomic E-state index is -0.252. The summed E-state index contributed by atoms with van der Waals surface area (Å²) in [5, 5.41) is 8.37. The molecule has 9 heteroatoms. The number of fused-ring (bicyclic) bond motifs is 1. The van der Waals surface area contributed by atoms with E-state index in [1.54, 1.807) is 29.1 Å². The van der Waals surface area contributed by atoms with Crippen molar-refractivity contribution in [2.45, 2.75) is 6.42 Å². The van der Waals surface area contributed by atoms with Crippen LogP contribution in [0.4, 0.5) is 5.69 Å². The van der Waals surface area contributed by atoms with Gasteiger partial charge < -0.3 is 19.3 Å². The molecule has 0 unspecified atom stereocenters. The molecule has 24 heavy (non-hydrogen) atoms. The second-order valence-corrected chi connectivity index (χ2v) is 5.69. The fraction of sp³-hybridized carbons (Fsp3) is 0.200. The van der Waals surface area contributed by atoms with Gasteiger partial charge in [-0.3, -0.25) is 4.79 Å². The van der Waals surface area contributed by atoms with Gasteiger partial charge in [0.2, 0.25) is 5.91 Å². The number of nitrogens with zero attached hydrogens (tertiary/aromatic N) is 3. The zero-order chi connectivity index (χ0) is 16.4. The zero-order valence-electron chi connectivity index (χ0n) is 12.4. The molecule has 1 N–H and O–H groups in total. The van der Waals surface area contributed by atoms with Crippen molar-refractivity contribution in [1.82, 2.24) is 15.1 Å². The van der Waals surface area contributed by atoms with Crippen molar-refractivity contribution in [1.29, 1.82) is 0 Å². The topological polar surface area (TPSA) is 99.4 Å². The molecule has 3 aromatic rings. The number of ether oxygens (including phenoxy) is 2. The molecule has 0 radical (unpaired) electrons. The minimum Gasteiger partial charge on any atom is -0.486 e. The summed E-state index contributed by atoms with van der Waals surface area (Å²) in [4.78, 5) is 20.4. The van der Waals surface area contributed by atoms with Crippen LogP contribution in [-0.2, 0) is 11.2 Å². The van der Waals surface area contributed by atoms with Crippen LogP contribution in [0.25, 0.3) is 11.6 Å². The molecule has 0 fully saturated rings. The highest BCUT2D eigenvalue weighted by Crippen LogP contribution is 2.32. The molecule has 0 spiro atoms. The van der Waals surface area contributed by atoms with Gasteiger partial charge in [-0.25, -0.2) is 4.98 Å². The van der Waals surface area contributed by atoms with Gasteiger partial charge >= 0.3 is 0 Å². The lowest BCUT2D eigenvalue weighted by atomic mass is 10.2. The number of anilines is 1. The molecule has 3 heterocycles. The molecular weight excluding hydrogens is 332 g/mol. The fourth-order valence-electron chi connectivity index (χ4n) is 2.22. The van der Waals surface area contributed by atoms with E-state index in [0.29, 0.717) is 47.8 Å². The number of amides is 1. The second kappa shape index (κ2) is 6.28. The van der Waals surface area contributed by atoms with E-state index < -0.39 is 0 Å². The summed E-state index contributed by atoms with van der Waals surface area (Å²) in [6.07, 6.45) is 0.00206. The summed E-state index contributed by atoms with van der Waals surface area (Å²) >= 11 is 1.43. The number of carbonyl (C=O) groups excluding carboxylic acids is 1. The highest BCUT2D eigenvalue weighted by atomic mass is 32.1. The van der Waals surface area contributed by atoms with Gasteiger partial charge in [-0.05, 0) is 12.1 Å². The molecule has 1 amide bonds. The normalized spacial score (nSPS) is 12.8. The highest BCUT2D eigenvalue weighted by Gasteiger charge is 2.15. The van der Waals surface area contributed by atoms with Gasteiger partial charge in [-0.1, -0.05) is 5.16 Å². The van der Waals surface area contributed by atoms with Gasteiger partial charge in [-0.15, -0.1) is 11.3 Å². The summed E-state index contributed by atoms with van der Waals surface area (Å²) in [5.41, 5.74) is 2.90. The van der Waals surface area contributed by atoms with E-state index >= 15 is 0 Å². The molecule has 0 bridgehead atoms. The third-order valence-corrected chi connectivity index (χ3v) is 3.85. The van der Waals surface area contributed by atoms with Crippen LogP contribution in [0.2, 0.25) is 0 Å². The first kappa shape index (κ1) is 14.6. The minimum absolute atomic E-state index is 0.00206. The van der Waals surface area contributed by atoms with Crippen LogP contribution in [0.1, 0.15) is 5.82 Å². The number of nitrogens with one attached hydrogen (secondary N) is 1. The molecular formula is C15H12N4O4S.